The van der Waals surface area contributed by atoms with E-state index < -0.39 is 0 Å². The van der Waals surface area contributed by atoms with E-state index in [1.165, 1.54) is 11.8 Å². The second kappa shape index (κ2) is 6.02. The molecule has 0 aliphatic rings. The molecule has 0 aliphatic heterocycles. The van der Waals surface area contributed by atoms with Gasteiger partial charge in [-0.2, -0.15) is 5.26 Å². The van der Waals surface area contributed by atoms with Gasteiger partial charge in [-0.3, -0.25) is 0 Å². The van der Waals surface area contributed by atoms with Crippen LogP contribution in [-0.4, -0.2) is 14.5 Å². The Morgan fingerprint density at radius 2 is 2.40 bits per heavy atom. The smallest absolute Gasteiger partial charge is 0.105 e. The largest absolute Gasteiger partial charge is 0.197 e. The van der Waals surface area contributed by atoms with E-state index in [1.807, 2.05) is 6.92 Å². The van der Waals surface area contributed by atoms with Gasteiger partial charge in [-0.15, -0.1) is 11.8 Å². The van der Waals surface area contributed by atoms with Crippen LogP contribution in [0.15, 0.2) is 0 Å². The summed E-state index contributed by atoms with van der Waals surface area (Å²) in [5.41, 5.74) is 0. The van der Waals surface area contributed by atoms with E-state index in [9.17, 15) is 0 Å². The van der Waals surface area contributed by atoms with Gasteiger partial charge in [0.05, 0.1) is 11.3 Å². The summed E-state index contributed by atoms with van der Waals surface area (Å²) < 4.78 is 0.872. The molecule has 1 unspecified atom stereocenters. The molecule has 0 rings (SSSR count). The first-order valence-electron chi connectivity index (χ1n) is 2.93. The van der Waals surface area contributed by atoms with E-state index in [0.717, 1.165) is 9.28 Å². The predicted octanol–water partition coefficient (Wildman–Crippen LogP) is 2.67. The molecule has 10 heavy (non-hydrogen) atoms. The first-order valence-corrected chi connectivity index (χ1v) is 5.21. The monoisotopic (exact) mass is 191 g/mol. The van der Waals surface area contributed by atoms with Gasteiger partial charge in [0, 0.05) is 0 Å². The van der Waals surface area contributed by atoms with Gasteiger partial charge in [0.25, 0.3) is 0 Å². The maximum atomic E-state index is 8.41. The second-order valence-electron chi connectivity index (χ2n) is 1.57. The summed E-state index contributed by atoms with van der Waals surface area (Å²) in [7, 11) is 0. The van der Waals surface area contributed by atoms with Crippen molar-refractivity contribution in [1.82, 2.24) is 0 Å². The van der Waals surface area contributed by atoms with Crippen LogP contribution < -0.4 is 0 Å². The van der Waals surface area contributed by atoms with Gasteiger partial charge in [-0.05, 0) is 12.7 Å². The summed E-state index contributed by atoms with van der Waals surface area (Å²) in [6.45, 7) is 3.90. The molecule has 0 heterocycles. The Kier molecular flexibility index (Phi) is 6.19. The van der Waals surface area contributed by atoms with Crippen molar-refractivity contribution in [3.63, 3.8) is 0 Å². The maximum Gasteiger partial charge on any atom is 0.105 e. The molecule has 0 radical (unpaired) electrons. The van der Waals surface area contributed by atoms with E-state index in [-0.39, 0.29) is 5.25 Å². The predicted molar refractivity (Wildman–Crippen MR) is 53.4 cm³/mol. The summed E-state index contributed by atoms with van der Waals surface area (Å²) in [5.74, 6) is 0.990. The summed E-state index contributed by atoms with van der Waals surface area (Å²) in [4.78, 5) is 0. The van der Waals surface area contributed by atoms with Gasteiger partial charge < -0.3 is 0 Å². The number of hydrogen-bond donors (Lipinski definition) is 0. The van der Waals surface area contributed by atoms with Crippen LogP contribution in [0, 0.1) is 11.3 Å². The van der Waals surface area contributed by atoms with E-state index >= 15 is 0 Å². The quantitative estimate of drug-likeness (QED) is 0.626. The Bertz CT molecular complexity index is 150. The maximum absolute atomic E-state index is 8.41. The first-order chi connectivity index (χ1) is 4.70. The van der Waals surface area contributed by atoms with Crippen molar-refractivity contribution in [3.05, 3.63) is 0 Å². The highest BCUT2D eigenvalue weighted by atomic mass is 32.2. The van der Waals surface area contributed by atoms with Crippen LogP contribution >= 0.6 is 35.7 Å². The normalized spacial score (nSPS) is 12.1. The Balaban J connectivity index is 3.49. The van der Waals surface area contributed by atoms with Crippen molar-refractivity contribution in [3.8, 4) is 6.07 Å². The van der Waals surface area contributed by atoms with Gasteiger partial charge in [0.15, 0.2) is 0 Å². The minimum absolute atomic E-state index is 0.00782. The molecule has 0 aliphatic carbocycles. The summed E-state index contributed by atoms with van der Waals surface area (Å²) in [6, 6.07) is 2.12. The summed E-state index contributed by atoms with van der Waals surface area (Å²) in [6.07, 6.45) is 0. The van der Waals surface area contributed by atoms with E-state index in [1.54, 1.807) is 11.8 Å². The molecule has 0 saturated carbocycles. The lowest BCUT2D eigenvalue weighted by Gasteiger charge is -2.00. The lowest BCUT2D eigenvalue weighted by Crippen LogP contribution is -1.93. The van der Waals surface area contributed by atoms with Gasteiger partial charge in [0.1, 0.15) is 3.53 Å². The Morgan fingerprint density at radius 1 is 1.80 bits per heavy atom. The molecule has 0 aromatic rings. The topological polar surface area (TPSA) is 23.8 Å². The van der Waals surface area contributed by atoms with Crippen LogP contribution in [0.1, 0.15) is 13.8 Å². The third-order valence-corrected chi connectivity index (χ3v) is 3.18. The minimum Gasteiger partial charge on any atom is -0.197 e. The van der Waals surface area contributed by atoms with E-state index in [0.29, 0.717) is 0 Å². The van der Waals surface area contributed by atoms with Crippen LogP contribution in [0.2, 0.25) is 0 Å². The Labute approximate surface area is 75.6 Å². The zero-order valence-corrected chi connectivity index (χ0v) is 8.41. The van der Waals surface area contributed by atoms with Gasteiger partial charge in [-0.1, -0.05) is 30.9 Å². The van der Waals surface area contributed by atoms with Crippen LogP contribution in [-0.2, 0) is 0 Å². The number of nitriles is 1. The fourth-order valence-corrected chi connectivity index (χ4v) is 2.74. The fraction of sp³-hybridized carbons (Fsp3) is 0.667. The SMILES string of the molecule is CCSC(=S)SC(C)C#N. The molecule has 0 amide bonds. The van der Waals surface area contributed by atoms with Crippen molar-refractivity contribution in [1.29, 1.82) is 5.26 Å². The van der Waals surface area contributed by atoms with Crippen LogP contribution in [0.4, 0.5) is 0 Å². The number of nitrogens with zero attached hydrogens (tertiary/aromatic N) is 1. The molecule has 0 N–H and O–H groups in total. The van der Waals surface area contributed by atoms with E-state index in [4.69, 9.17) is 17.5 Å². The molecule has 1 nitrogen and oxygen atoms in total. The highest BCUT2D eigenvalue weighted by molar-refractivity contribution is 8.47. The van der Waals surface area contributed by atoms with Crippen LogP contribution in [0.5, 0.6) is 0 Å². The lowest BCUT2D eigenvalue weighted by molar-refractivity contribution is 1.25. The lowest BCUT2D eigenvalue weighted by atomic mass is 10.5. The molecule has 0 saturated heterocycles. The molecule has 56 valence electrons. The molecular formula is C6H9NS3. The van der Waals surface area contributed by atoms with Crippen LogP contribution in [0.3, 0.4) is 0 Å². The number of thioether (sulfide) groups is 2. The molecule has 1 atom stereocenters. The number of rotatable bonds is 2. The van der Waals surface area contributed by atoms with Gasteiger partial charge in [0.2, 0.25) is 0 Å². The second-order valence-corrected chi connectivity index (χ2v) is 5.38. The average molecular weight is 191 g/mol. The molecule has 0 aromatic carbocycles. The fourth-order valence-electron chi connectivity index (χ4n) is 0.323. The Hall–Kier alpha value is 0.280. The van der Waals surface area contributed by atoms with Crippen molar-refractivity contribution in [2.45, 2.75) is 19.1 Å². The van der Waals surface area contributed by atoms with Crippen molar-refractivity contribution < 1.29 is 0 Å². The number of hydrogen-bond acceptors (Lipinski definition) is 4. The van der Waals surface area contributed by atoms with Gasteiger partial charge >= 0.3 is 0 Å². The summed E-state index contributed by atoms with van der Waals surface area (Å²) in [5, 5.41) is 8.40. The third-order valence-electron chi connectivity index (χ3n) is 0.717. The Morgan fingerprint density at radius 3 is 2.80 bits per heavy atom. The van der Waals surface area contributed by atoms with Crippen molar-refractivity contribution in [2.24, 2.45) is 0 Å². The van der Waals surface area contributed by atoms with E-state index in [2.05, 4.69) is 13.0 Å². The standard InChI is InChI=1S/C6H9NS3/c1-3-9-6(8)10-5(2)4-7/h5H,3H2,1-2H3. The van der Waals surface area contributed by atoms with Gasteiger partial charge in [-0.25, -0.2) is 0 Å². The highest BCUT2D eigenvalue weighted by Gasteiger charge is 2.03. The zero-order chi connectivity index (χ0) is 7.98. The minimum atomic E-state index is -0.00782. The third kappa shape index (κ3) is 5.10. The summed E-state index contributed by atoms with van der Waals surface area (Å²) >= 11 is 8.05. The number of thiocarbonyl (C=S) groups is 1. The van der Waals surface area contributed by atoms with Crippen molar-refractivity contribution in [2.75, 3.05) is 5.75 Å². The molecule has 0 fully saturated rings. The molecule has 0 spiro atoms. The van der Waals surface area contributed by atoms with Crippen molar-refractivity contribution >= 4 is 39.3 Å². The molecule has 4 heteroatoms. The average Bonchev–Trinajstić information content (AvgIpc) is 1.88. The molecule has 0 bridgehead atoms. The molecular weight excluding hydrogens is 182 g/mol. The van der Waals surface area contributed by atoms with Crippen LogP contribution in [0.25, 0.3) is 0 Å². The molecule has 0 aromatic heterocycles. The zero-order valence-electron chi connectivity index (χ0n) is 5.96. The first kappa shape index (κ1) is 10.3. The highest BCUT2D eigenvalue weighted by Crippen LogP contribution is 2.20.